The molecule has 0 spiro atoms. The number of rotatable bonds is 12. The highest BCUT2D eigenvalue weighted by Gasteiger charge is 2.51. The first kappa shape index (κ1) is 72.9. The fourth-order valence-corrected chi connectivity index (χ4v) is 12.5. The molecule has 12 nitrogen and oxygen atoms in total. The van der Waals surface area contributed by atoms with Crippen LogP contribution in [0, 0.1) is 7.14 Å². The fourth-order valence-electron chi connectivity index (χ4n) is 10.6. The number of pyridine rings is 4. The second kappa shape index (κ2) is 33.8. The quantitative estimate of drug-likeness (QED) is 0.0937. The van der Waals surface area contributed by atoms with Crippen molar-refractivity contribution in [2.24, 2.45) is 14.1 Å². The summed E-state index contributed by atoms with van der Waals surface area (Å²) in [6.07, 6.45) is 29.3. The standard InChI is InChI=1S/C23H20ClN3.C22H25BN2O2.C22H18ClN3.C7H7ClIN.C5H3ClIN/c1-3-17-14-25-15-20(23(17)24)18-10-12-22-19(13-18)21(26-27(22)2)11-9-16-7-5-4-6-8-16;1-21(2)22(3,4)27-23(26-21)17-12-14-20-18(15-17)19(24-25(20)5)13-11-16-9-7-6-8-10-16;1-2-16-13-24-14-19(22(16)23)17-9-11-21-18(12-17)20(25-26-21)10-8-15-6-4-3-5-7-15;1-2-5-3-10-4-6(9)7(5)8;6-4-1-2-8-3-5(4)7/h4-15H,3H2,1-2H3;6-15H,1-5H3;3-14H,2H2,1H3,(H,25,26);3-4H,2H2,1H3;1-3H/b11-9+;13-11+;10-8+;;. The number of nitrogens with zero attached hydrogens (tertiary/aromatic N) is 9. The van der Waals surface area contributed by atoms with Gasteiger partial charge in [0.25, 0.3) is 0 Å². The molecule has 0 amide bonds. The van der Waals surface area contributed by atoms with Crippen molar-refractivity contribution in [2.45, 2.75) is 78.9 Å². The summed E-state index contributed by atoms with van der Waals surface area (Å²) in [4.78, 5) is 16.6. The summed E-state index contributed by atoms with van der Waals surface area (Å²) in [5.74, 6) is 0. The number of benzene rings is 6. The first-order chi connectivity index (χ1) is 47.3. The van der Waals surface area contributed by atoms with Crippen LogP contribution in [-0.4, -0.2) is 68.0 Å². The third-order valence-electron chi connectivity index (χ3n) is 16.9. The van der Waals surface area contributed by atoms with E-state index in [2.05, 4.69) is 243 Å². The van der Waals surface area contributed by atoms with Gasteiger partial charge in [-0.1, -0.05) is 201 Å². The van der Waals surface area contributed by atoms with Crippen molar-refractivity contribution >= 4 is 173 Å². The van der Waals surface area contributed by atoms with Gasteiger partial charge in [-0.15, -0.1) is 0 Å². The number of aromatic nitrogens is 10. The van der Waals surface area contributed by atoms with Crippen LogP contribution in [0.2, 0.25) is 20.1 Å². The van der Waals surface area contributed by atoms with E-state index in [1.165, 1.54) is 0 Å². The summed E-state index contributed by atoms with van der Waals surface area (Å²) in [5, 5.41) is 23.3. The zero-order chi connectivity index (χ0) is 69.5. The van der Waals surface area contributed by atoms with Crippen LogP contribution in [0.1, 0.15) is 98.9 Å². The van der Waals surface area contributed by atoms with Gasteiger partial charge in [-0.05, 0) is 197 Å². The molecule has 1 saturated heterocycles. The van der Waals surface area contributed by atoms with Crippen molar-refractivity contribution in [1.29, 1.82) is 0 Å². The molecule has 0 aliphatic carbocycles. The fraction of sp³-hybridized carbons (Fsp3) is 0.177. The van der Waals surface area contributed by atoms with Crippen LogP contribution >= 0.6 is 91.6 Å². The van der Waals surface area contributed by atoms with Gasteiger partial charge in [-0.2, -0.15) is 15.3 Å². The van der Waals surface area contributed by atoms with Crippen LogP contribution in [-0.2, 0) is 42.7 Å². The second-order valence-corrected chi connectivity index (χ2v) is 27.8. The highest BCUT2D eigenvalue weighted by Crippen LogP contribution is 2.38. The Bertz CT molecular complexity index is 4930. The normalized spacial score (nSPS) is 13.1. The minimum absolute atomic E-state index is 0.350. The SMILES string of the molecule is CCc1cncc(-c2ccc3[nH]nc(/C=C/c4ccccc4)c3c2)c1Cl.CCc1cncc(-c2ccc3c(c2)c(/C=C/c2ccccc2)nn3C)c1Cl.CCc1cncc(I)c1Cl.Clc1ccncc1I.Cn1nc(/C=C/c2ccccc2)c2cc(B3OC(C)(C)C(C)(C)O3)ccc21. The van der Waals surface area contributed by atoms with Crippen molar-refractivity contribution in [3.8, 4) is 22.3 Å². The van der Waals surface area contributed by atoms with Gasteiger partial charge in [0.1, 0.15) is 0 Å². The molecule has 0 atom stereocenters. The number of aromatic amines is 1. The average Bonchev–Trinajstić information content (AvgIpc) is 1.61. The third kappa shape index (κ3) is 17.9. The van der Waals surface area contributed by atoms with E-state index in [0.29, 0.717) is 0 Å². The number of halogens is 6. The molecule has 0 radical (unpaired) electrons. The molecular formula is C79H73BCl4I2N10O2. The molecule has 0 unspecified atom stereocenters. The van der Waals surface area contributed by atoms with Crippen molar-refractivity contribution < 1.29 is 9.31 Å². The largest absolute Gasteiger partial charge is 0.494 e. The molecule has 8 heterocycles. The Morgan fingerprint density at radius 2 is 0.888 bits per heavy atom. The van der Waals surface area contributed by atoms with Gasteiger partial charge in [0.2, 0.25) is 0 Å². The number of hydrogen-bond acceptors (Lipinski definition) is 9. The molecule has 496 valence electrons. The molecule has 0 bridgehead atoms. The summed E-state index contributed by atoms with van der Waals surface area (Å²) in [6.45, 7) is 14.5. The summed E-state index contributed by atoms with van der Waals surface area (Å²) in [5.41, 5.74) is 17.0. The van der Waals surface area contributed by atoms with E-state index in [4.69, 9.17) is 55.7 Å². The van der Waals surface area contributed by atoms with Gasteiger partial charge in [-0.25, -0.2) is 0 Å². The topological polar surface area (TPSA) is 134 Å². The highest BCUT2D eigenvalue weighted by molar-refractivity contribution is 14.1. The van der Waals surface area contributed by atoms with Gasteiger partial charge >= 0.3 is 7.12 Å². The maximum absolute atomic E-state index is 6.61. The number of H-pyrrole nitrogens is 1. The van der Waals surface area contributed by atoms with Crippen LogP contribution in [0.3, 0.4) is 0 Å². The number of hydrogen-bond donors (Lipinski definition) is 1. The molecule has 7 aromatic heterocycles. The Labute approximate surface area is 621 Å². The second-order valence-electron chi connectivity index (χ2n) is 24.0. The van der Waals surface area contributed by atoms with Crippen LogP contribution < -0.4 is 5.46 Å². The van der Waals surface area contributed by atoms with Crippen LogP contribution in [0.5, 0.6) is 0 Å². The summed E-state index contributed by atoms with van der Waals surface area (Å²) < 4.78 is 18.3. The van der Waals surface area contributed by atoms with Crippen LogP contribution in [0.4, 0.5) is 0 Å². The first-order valence-electron chi connectivity index (χ1n) is 32.0. The van der Waals surface area contributed by atoms with Crippen LogP contribution in [0.25, 0.3) is 91.4 Å². The van der Waals surface area contributed by atoms with Crippen LogP contribution in [0.15, 0.2) is 201 Å². The smallest absolute Gasteiger partial charge is 0.399 e. The van der Waals surface area contributed by atoms with Crippen molar-refractivity contribution in [3.05, 3.63) is 279 Å². The summed E-state index contributed by atoms with van der Waals surface area (Å²) >= 11 is 29.1. The van der Waals surface area contributed by atoms with Gasteiger partial charge < -0.3 is 9.31 Å². The Morgan fingerprint density at radius 3 is 1.35 bits per heavy atom. The monoisotopic (exact) mass is 1600 g/mol. The Morgan fingerprint density at radius 1 is 0.459 bits per heavy atom. The zero-order valence-electron chi connectivity index (χ0n) is 55.8. The van der Waals surface area contributed by atoms with Gasteiger partial charge in [0.05, 0.1) is 68.5 Å². The molecule has 13 aromatic rings. The minimum atomic E-state index is -0.370. The van der Waals surface area contributed by atoms with Crippen molar-refractivity contribution in [1.82, 2.24) is 49.7 Å². The molecule has 1 fully saturated rings. The molecule has 1 N–H and O–H groups in total. The maximum Gasteiger partial charge on any atom is 0.494 e. The summed E-state index contributed by atoms with van der Waals surface area (Å²) in [7, 11) is 3.57. The van der Waals surface area contributed by atoms with E-state index in [9.17, 15) is 0 Å². The highest BCUT2D eigenvalue weighted by atomic mass is 127. The van der Waals surface area contributed by atoms with Crippen molar-refractivity contribution in [3.63, 3.8) is 0 Å². The van der Waals surface area contributed by atoms with Crippen molar-refractivity contribution in [2.75, 3.05) is 0 Å². The molecule has 6 aromatic carbocycles. The van der Waals surface area contributed by atoms with E-state index in [1.807, 2.05) is 127 Å². The third-order valence-corrected chi connectivity index (χ3v) is 20.9. The predicted molar refractivity (Wildman–Crippen MR) is 428 cm³/mol. The molecule has 0 saturated carbocycles. The van der Waals surface area contributed by atoms with E-state index < -0.39 is 0 Å². The molecule has 1 aliphatic heterocycles. The molecule has 98 heavy (non-hydrogen) atoms. The minimum Gasteiger partial charge on any atom is -0.399 e. The predicted octanol–water partition coefficient (Wildman–Crippen LogP) is 21.3. The lowest BCUT2D eigenvalue weighted by Crippen LogP contribution is -2.41. The molecule has 1 aliphatic rings. The lowest BCUT2D eigenvalue weighted by Gasteiger charge is -2.32. The molecule has 19 heteroatoms. The van der Waals surface area contributed by atoms with E-state index in [0.717, 1.165) is 157 Å². The Hall–Kier alpha value is -7.85. The van der Waals surface area contributed by atoms with Gasteiger partial charge in [0.15, 0.2) is 0 Å². The lowest BCUT2D eigenvalue weighted by atomic mass is 9.78. The number of nitrogens with one attached hydrogen (secondary N) is 1. The number of aryl methyl sites for hydroxylation is 5. The Balaban J connectivity index is 0.000000141. The summed E-state index contributed by atoms with van der Waals surface area (Å²) in [6, 6.07) is 51.2. The Kier molecular flexibility index (Phi) is 25.1. The van der Waals surface area contributed by atoms with Gasteiger partial charge in [0, 0.05) is 94.5 Å². The first-order valence-corrected chi connectivity index (χ1v) is 35.7. The number of fused-ring (bicyclic) bond motifs is 3. The van der Waals surface area contributed by atoms with E-state index in [1.54, 1.807) is 24.7 Å². The molecule has 14 rings (SSSR count). The zero-order valence-corrected chi connectivity index (χ0v) is 63.2. The average molecular weight is 1600 g/mol. The van der Waals surface area contributed by atoms with E-state index >= 15 is 0 Å². The van der Waals surface area contributed by atoms with E-state index in [-0.39, 0.29) is 18.3 Å². The van der Waals surface area contributed by atoms with Gasteiger partial charge in [-0.3, -0.25) is 34.4 Å². The maximum atomic E-state index is 6.61. The lowest BCUT2D eigenvalue weighted by molar-refractivity contribution is 0.00578. The molecular weight excluding hydrogens is 1530 g/mol.